The second-order valence-corrected chi connectivity index (χ2v) is 6.80. The number of hydrogen-bond donors (Lipinski definition) is 1. The molecule has 2 nitrogen and oxygen atoms in total. The molecule has 1 fully saturated rings. The van der Waals surface area contributed by atoms with Crippen molar-refractivity contribution < 1.29 is 4.74 Å². The molecule has 0 aromatic heterocycles. The van der Waals surface area contributed by atoms with Crippen molar-refractivity contribution in [2.45, 2.75) is 52.1 Å². The highest BCUT2D eigenvalue weighted by Gasteiger charge is 2.39. The van der Waals surface area contributed by atoms with Crippen molar-refractivity contribution in [3.8, 4) is 5.75 Å². The van der Waals surface area contributed by atoms with Gasteiger partial charge in [-0.15, -0.1) is 0 Å². The van der Waals surface area contributed by atoms with Crippen molar-refractivity contribution in [1.82, 2.24) is 0 Å². The number of ether oxygens (including phenoxy) is 1. The lowest BCUT2D eigenvalue weighted by Gasteiger charge is -2.32. The van der Waals surface area contributed by atoms with Gasteiger partial charge in [0.25, 0.3) is 0 Å². The molecule has 0 heterocycles. The van der Waals surface area contributed by atoms with Crippen LogP contribution in [0.2, 0.25) is 10.0 Å². The van der Waals surface area contributed by atoms with Gasteiger partial charge in [0.1, 0.15) is 11.4 Å². The summed E-state index contributed by atoms with van der Waals surface area (Å²) in [5, 5.41) is 1.31. The van der Waals surface area contributed by atoms with Gasteiger partial charge in [-0.25, -0.2) is 0 Å². The van der Waals surface area contributed by atoms with E-state index in [1.54, 1.807) is 6.07 Å². The normalized spacial score (nSPS) is 15.5. The SMILES string of the molecule is CC.Cc1cc(N)ccc1OC1(c2ccc(Cl)cc2Cl)CCCC1. The van der Waals surface area contributed by atoms with Gasteiger partial charge in [-0.2, -0.15) is 0 Å². The third kappa shape index (κ3) is 3.99. The molecule has 0 atom stereocenters. The highest BCUT2D eigenvalue weighted by Crippen LogP contribution is 2.46. The van der Waals surface area contributed by atoms with E-state index in [2.05, 4.69) is 0 Å². The van der Waals surface area contributed by atoms with Crippen LogP contribution >= 0.6 is 23.2 Å². The summed E-state index contributed by atoms with van der Waals surface area (Å²) in [6.07, 6.45) is 4.18. The molecule has 130 valence electrons. The number of hydrogen-bond acceptors (Lipinski definition) is 2. The molecule has 0 spiro atoms. The summed E-state index contributed by atoms with van der Waals surface area (Å²) in [5.74, 6) is 0.863. The Morgan fingerprint density at radius 3 is 2.25 bits per heavy atom. The summed E-state index contributed by atoms with van der Waals surface area (Å²) in [6, 6.07) is 11.4. The molecule has 2 aromatic rings. The number of halogens is 2. The smallest absolute Gasteiger partial charge is 0.135 e. The Labute approximate surface area is 154 Å². The molecular formula is C20H25Cl2NO. The van der Waals surface area contributed by atoms with Crippen LogP contribution in [0.15, 0.2) is 36.4 Å². The molecule has 0 aliphatic heterocycles. The summed E-state index contributed by atoms with van der Waals surface area (Å²) in [4.78, 5) is 0. The van der Waals surface area contributed by atoms with Gasteiger partial charge in [-0.05, 0) is 68.5 Å². The molecule has 2 N–H and O–H groups in total. The first-order valence-electron chi connectivity index (χ1n) is 8.51. The lowest BCUT2D eigenvalue weighted by atomic mass is 9.91. The lowest BCUT2D eigenvalue weighted by molar-refractivity contribution is 0.0732. The summed E-state index contributed by atoms with van der Waals surface area (Å²) >= 11 is 12.5. The summed E-state index contributed by atoms with van der Waals surface area (Å²) in [6.45, 7) is 6.01. The van der Waals surface area contributed by atoms with Crippen molar-refractivity contribution in [2.75, 3.05) is 5.73 Å². The highest BCUT2D eigenvalue weighted by atomic mass is 35.5. The quantitative estimate of drug-likeness (QED) is 0.609. The fourth-order valence-corrected chi connectivity index (χ4v) is 3.81. The molecule has 3 rings (SSSR count). The zero-order valence-corrected chi connectivity index (χ0v) is 16.0. The molecule has 2 aromatic carbocycles. The summed E-state index contributed by atoms with van der Waals surface area (Å²) < 4.78 is 6.47. The van der Waals surface area contributed by atoms with E-state index in [4.69, 9.17) is 33.7 Å². The van der Waals surface area contributed by atoms with E-state index in [0.717, 1.165) is 48.2 Å². The molecule has 24 heavy (non-hydrogen) atoms. The van der Waals surface area contributed by atoms with Crippen molar-refractivity contribution in [2.24, 2.45) is 0 Å². The van der Waals surface area contributed by atoms with Gasteiger partial charge in [-0.3, -0.25) is 0 Å². The largest absolute Gasteiger partial charge is 0.482 e. The van der Waals surface area contributed by atoms with Crippen LogP contribution in [0.1, 0.15) is 50.7 Å². The topological polar surface area (TPSA) is 35.2 Å². The molecule has 4 heteroatoms. The second-order valence-electron chi connectivity index (χ2n) is 5.95. The van der Waals surface area contributed by atoms with Crippen LogP contribution in [-0.4, -0.2) is 0 Å². The molecule has 1 aliphatic carbocycles. The van der Waals surface area contributed by atoms with Crippen LogP contribution in [0.25, 0.3) is 0 Å². The highest BCUT2D eigenvalue weighted by molar-refractivity contribution is 6.35. The first-order chi connectivity index (χ1) is 11.5. The lowest BCUT2D eigenvalue weighted by Crippen LogP contribution is -2.30. The minimum atomic E-state index is -0.372. The molecule has 1 saturated carbocycles. The average molecular weight is 366 g/mol. The fraction of sp³-hybridized carbons (Fsp3) is 0.400. The van der Waals surface area contributed by atoms with Gasteiger partial charge in [0.2, 0.25) is 0 Å². The van der Waals surface area contributed by atoms with E-state index in [1.165, 1.54) is 0 Å². The first kappa shape index (κ1) is 19.0. The Bertz CT molecular complexity index is 694. The Morgan fingerprint density at radius 1 is 1.00 bits per heavy atom. The van der Waals surface area contributed by atoms with Crippen LogP contribution in [-0.2, 0) is 5.60 Å². The maximum absolute atomic E-state index is 6.47. The van der Waals surface area contributed by atoms with Crippen LogP contribution in [0, 0.1) is 6.92 Å². The minimum absolute atomic E-state index is 0.372. The van der Waals surface area contributed by atoms with Gasteiger partial charge < -0.3 is 10.5 Å². The molecule has 0 saturated heterocycles. The van der Waals surface area contributed by atoms with Crippen LogP contribution in [0.3, 0.4) is 0 Å². The second kappa shape index (κ2) is 8.13. The molecular weight excluding hydrogens is 341 g/mol. The maximum atomic E-state index is 6.47. The number of aryl methyl sites for hydroxylation is 1. The monoisotopic (exact) mass is 365 g/mol. The number of nitrogens with two attached hydrogens (primary N) is 1. The van der Waals surface area contributed by atoms with Crippen molar-refractivity contribution >= 4 is 28.9 Å². The zero-order chi connectivity index (χ0) is 17.7. The maximum Gasteiger partial charge on any atom is 0.135 e. The number of benzene rings is 2. The zero-order valence-electron chi connectivity index (χ0n) is 14.5. The van der Waals surface area contributed by atoms with Crippen LogP contribution in [0.5, 0.6) is 5.75 Å². The van der Waals surface area contributed by atoms with E-state index in [9.17, 15) is 0 Å². The average Bonchev–Trinajstić information content (AvgIpc) is 3.01. The standard InChI is InChI=1S/C18H19Cl2NO.C2H6/c1-12-10-14(21)5-7-17(12)22-18(8-2-3-9-18)15-6-4-13(19)11-16(15)20;1-2/h4-7,10-11H,2-3,8-9,21H2,1H3;1-2H3. The molecule has 0 radical (unpaired) electrons. The van der Waals surface area contributed by atoms with Gasteiger partial charge in [-0.1, -0.05) is 43.1 Å². The van der Waals surface area contributed by atoms with E-state index in [-0.39, 0.29) is 5.60 Å². The van der Waals surface area contributed by atoms with Gasteiger partial charge >= 0.3 is 0 Å². The van der Waals surface area contributed by atoms with E-state index in [1.807, 2.05) is 51.1 Å². The van der Waals surface area contributed by atoms with Crippen molar-refractivity contribution in [1.29, 1.82) is 0 Å². The fourth-order valence-electron chi connectivity index (χ4n) is 3.23. The first-order valence-corrected chi connectivity index (χ1v) is 9.26. The minimum Gasteiger partial charge on any atom is -0.482 e. The Hall–Kier alpha value is -1.38. The molecule has 1 aliphatic rings. The van der Waals surface area contributed by atoms with Gasteiger partial charge in [0.05, 0.1) is 0 Å². The Balaban J connectivity index is 0.00000100. The molecule has 0 amide bonds. The van der Waals surface area contributed by atoms with E-state index in [0.29, 0.717) is 10.0 Å². The molecule has 0 bridgehead atoms. The van der Waals surface area contributed by atoms with Crippen molar-refractivity contribution in [3.63, 3.8) is 0 Å². The Morgan fingerprint density at radius 2 is 1.67 bits per heavy atom. The third-order valence-corrected chi connectivity index (χ3v) is 4.89. The van der Waals surface area contributed by atoms with Gasteiger partial charge in [0.15, 0.2) is 0 Å². The van der Waals surface area contributed by atoms with Crippen LogP contribution < -0.4 is 10.5 Å². The van der Waals surface area contributed by atoms with E-state index >= 15 is 0 Å². The van der Waals surface area contributed by atoms with Crippen molar-refractivity contribution in [3.05, 3.63) is 57.6 Å². The third-order valence-electron chi connectivity index (χ3n) is 4.34. The van der Waals surface area contributed by atoms with E-state index < -0.39 is 0 Å². The number of anilines is 1. The van der Waals surface area contributed by atoms with Gasteiger partial charge in [0, 0.05) is 21.3 Å². The molecule has 0 unspecified atom stereocenters. The van der Waals surface area contributed by atoms with Crippen LogP contribution in [0.4, 0.5) is 5.69 Å². The summed E-state index contributed by atoms with van der Waals surface area (Å²) in [5.41, 5.74) is 8.26. The summed E-state index contributed by atoms with van der Waals surface area (Å²) in [7, 11) is 0. The Kier molecular flexibility index (Phi) is 6.42. The predicted octanol–water partition coefficient (Wildman–Crippen LogP) is 6.76. The predicted molar refractivity (Wildman–Crippen MR) is 104 cm³/mol. The number of rotatable bonds is 3. The number of nitrogen functional groups attached to an aromatic ring is 1.